The van der Waals surface area contributed by atoms with E-state index in [-0.39, 0.29) is 0 Å². The lowest BCUT2D eigenvalue weighted by Crippen LogP contribution is -2.57. The third-order valence-electron chi connectivity index (χ3n) is 3.35. The molecule has 6 heteroatoms. The minimum absolute atomic E-state index is 0.505. The van der Waals surface area contributed by atoms with Gasteiger partial charge in [-0.3, -0.25) is 0 Å². The molecule has 2 rings (SSSR count). The van der Waals surface area contributed by atoms with Crippen molar-refractivity contribution in [1.82, 2.24) is 0 Å². The highest BCUT2D eigenvalue weighted by atomic mass is 28.4. The molecule has 0 unspecified atom stereocenters. The molecule has 0 atom stereocenters. The molecule has 5 nitrogen and oxygen atoms in total. The van der Waals surface area contributed by atoms with Gasteiger partial charge in [-0.15, -0.1) is 0 Å². The van der Waals surface area contributed by atoms with Crippen molar-refractivity contribution in [2.24, 2.45) is 0 Å². The summed E-state index contributed by atoms with van der Waals surface area (Å²) in [7, 11) is -2.88. The third kappa shape index (κ3) is 3.69. The molecule has 0 amide bonds. The maximum Gasteiger partial charge on any atom is 0.537 e. The van der Waals surface area contributed by atoms with Crippen LogP contribution in [0.2, 0.25) is 0 Å². The van der Waals surface area contributed by atoms with Crippen LogP contribution in [0.4, 0.5) is 0 Å². The quantitative estimate of drug-likeness (QED) is 0.721. The van der Waals surface area contributed by atoms with Gasteiger partial charge in [-0.2, -0.15) is 0 Å². The van der Waals surface area contributed by atoms with E-state index >= 15 is 0 Å². The van der Waals surface area contributed by atoms with Crippen LogP contribution in [0, 0.1) is 0 Å². The zero-order valence-electron chi connectivity index (χ0n) is 14.1. The monoisotopic (exact) mass is 326 g/mol. The summed E-state index contributed by atoms with van der Waals surface area (Å²) in [5.74, 6) is 0.246. The van der Waals surface area contributed by atoms with Gasteiger partial charge in [-0.05, 0) is 32.9 Å². The van der Waals surface area contributed by atoms with Gasteiger partial charge >= 0.3 is 8.80 Å². The molecular weight excluding hydrogens is 300 g/mol. The average molecular weight is 326 g/mol. The van der Waals surface area contributed by atoms with E-state index in [1.165, 1.54) is 0 Å². The molecule has 0 saturated heterocycles. The SMILES string of the molecule is CCO[Si](OCC)(OCC)c1ccc2c(c1)COC(C)(C)O2. The molecule has 1 aliphatic rings. The number of hydrogen-bond acceptors (Lipinski definition) is 5. The summed E-state index contributed by atoms with van der Waals surface area (Å²) in [5.41, 5.74) is 0.993. The van der Waals surface area contributed by atoms with Crippen LogP contribution < -0.4 is 9.92 Å². The highest BCUT2D eigenvalue weighted by Crippen LogP contribution is 2.30. The molecule has 0 saturated carbocycles. The van der Waals surface area contributed by atoms with Gasteiger partial charge in [0.1, 0.15) is 5.75 Å². The first-order valence-electron chi connectivity index (χ1n) is 7.84. The fourth-order valence-corrected chi connectivity index (χ4v) is 5.00. The van der Waals surface area contributed by atoms with Crippen LogP contribution in [0.1, 0.15) is 40.2 Å². The summed E-state index contributed by atoms with van der Waals surface area (Å²) in [6.07, 6.45) is 0. The van der Waals surface area contributed by atoms with E-state index in [2.05, 4.69) is 0 Å². The van der Waals surface area contributed by atoms with Gasteiger partial charge in [-0.25, -0.2) is 0 Å². The van der Waals surface area contributed by atoms with Crippen molar-refractivity contribution >= 4 is 14.0 Å². The lowest BCUT2D eigenvalue weighted by Gasteiger charge is -2.34. The minimum atomic E-state index is -2.88. The zero-order valence-corrected chi connectivity index (χ0v) is 15.1. The normalized spacial score (nSPS) is 17.0. The van der Waals surface area contributed by atoms with Gasteiger partial charge in [0.15, 0.2) is 0 Å². The lowest BCUT2D eigenvalue weighted by atomic mass is 10.2. The van der Waals surface area contributed by atoms with Gasteiger partial charge in [0.05, 0.1) is 6.61 Å². The van der Waals surface area contributed by atoms with Crippen LogP contribution in [0.5, 0.6) is 5.75 Å². The largest absolute Gasteiger partial charge is 0.537 e. The predicted molar refractivity (Wildman–Crippen MR) is 86.2 cm³/mol. The molecular formula is C16H26O5Si. The third-order valence-corrected chi connectivity index (χ3v) is 6.37. The van der Waals surface area contributed by atoms with Gasteiger partial charge < -0.3 is 22.8 Å². The van der Waals surface area contributed by atoms with Crippen molar-refractivity contribution in [2.45, 2.75) is 47.0 Å². The average Bonchev–Trinajstić information content (AvgIpc) is 2.46. The van der Waals surface area contributed by atoms with Gasteiger partial charge in [0.2, 0.25) is 5.79 Å². The molecule has 1 aliphatic heterocycles. The first-order valence-corrected chi connectivity index (χ1v) is 9.57. The number of benzene rings is 1. The van der Waals surface area contributed by atoms with E-state index in [1.54, 1.807) is 0 Å². The van der Waals surface area contributed by atoms with Gasteiger partial charge in [0.25, 0.3) is 0 Å². The van der Waals surface area contributed by atoms with Gasteiger partial charge in [0, 0.05) is 44.4 Å². The Hall–Kier alpha value is -0.923. The minimum Gasteiger partial charge on any atom is -0.463 e. The molecule has 0 radical (unpaired) electrons. The fraction of sp³-hybridized carbons (Fsp3) is 0.625. The Morgan fingerprint density at radius 2 is 1.64 bits per heavy atom. The smallest absolute Gasteiger partial charge is 0.463 e. The van der Waals surface area contributed by atoms with Crippen molar-refractivity contribution in [2.75, 3.05) is 19.8 Å². The molecule has 0 N–H and O–H groups in total. The van der Waals surface area contributed by atoms with E-state index in [0.717, 1.165) is 16.5 Å². The van der Waals surface area contributed by atoms with E-state index in [4.69, 9.17) is 22.8 Å². The van der Waals surface area contributed by atoms with Crippen LogP contribution in [-0.4, -0.2) is 34.4 Å². The number of rotatable bonds is 7. The first-order chi connectivity index (χ1) is 10.5. The zero-order chi connectivity index (χ0) is 16.2. The predicted octanol–water partition coefficient (Wildman–Crippen LogP) is 2.59. The summed E-state index contributed by atoms with van der Waals surface area (Å²) >= 11 is 0. The van der Waals surface area contributed by atoms with E-state index in [9.17, 15) is 0 Å². The Labute approximate surface area is 133 Å². The summed E-state index contributed by atoms with van der Waals surface area (Å²) in [5, 5.41) is 0.948. The molecule has 0 bridgehead atoms. The van der Waals surface area contributed by atoms with Crippen LogP contribution in [0.3, 0.4) is 0 Å². The highest BCUT2D eigenvalue weighted by Gasteiger charge is 2.44. The van der Waals surface area contributed by atoms with E-state index in [0.29, 0.717) is 26.4 Å². The van der Waals surface area contributed by atoms with Crippen molar-refractivity contribution < 1.29 is 22.8 Å². The molecule has 124 valence electrons. The topological polar surface area (TPSA) is 46.2 Å². The maximum atomic E-state index is 5.94. The number of fused-ring (bicyclic) bond motifs is 1. The first kappa shape index (κ1) is 17.4. The van der Waals surface area contributed by atoms with Crippen LogP contribution >= 0.6 is 0 Å². The summed E-state index contributed by atoms with van der Waals surface area (Å²) in [4.78, 5) is 0. The van der Waals surface area contributed by atoms with Crippen LogP contribution in [0.25, 0.3) is 0 Å². The van der Waals surface area contributed by atoms with Crippen molar-refractivity contribution in [3.05, 3.63) is 23.8 Å². The number of ether oxygens (including phenoxy) is 2. The summed E-state index contributed by atoms with van der Waals surface area (Å²) in [6, 6.07) is 5.96. The van der Waals surface area contributed by atoms with Crippen LogP contribution in [0.15, 0.2) is 18.2 Å². The fourth-order valence-electron chi connectivity index (χ4n) is 2.47. The molecule has 1 heterocycles. The second-order valence-corrected chi connectivity index (χ2v) is 8.02. The van der Waals surface area contributed by atoms with Crippen molar-refractivity contribution in [3.8, 4) is 5.75 Å². The molecule has 0 fully saturated rings. The highest BCUT2D eigenvalue weighted by molar-refractivity contribution is 6.75. The molecule has 22 heavy (non-hydrogen) atoms. The lowest BCUT2D eigenvalue weighted by molar-refractivity contribution is -0.180. The summed E-state index contributed by atoms with van der Waals surface area (Å²) in [6.45, 7) is 11.8. The Kier molecular flexibility index (Phi) is 5.63. The van der Waals surface area contributed by atoms with Crippen molar-refractivity contribution in [3.63, 3.8) is 0 Å². The molecule has 1 aromatic rings. The standard InChI is InChI=1S/C16H26O5Si/c1-6-18-22(19-7-2,20-8-3)14-9-10-15-13(11-14)12-17-16(4,5)21-15/h9-11H,6-8,12H2,1-5H3. The van der Waals surface area contributed by atoms with Crippen LogP contribution in [-0.2, 0) is 24.6 Å². The second-order valence-electron chi connectivity index (χ2n) is 5.47. The molecule has 1 aromatic carbocycles. The Morgan fingerprint density at radius 1 is 1.05 bits per heavy atom. The number of hydrogen-bond donors (Lipinski definition) is 0. The molecule has 0 aromatic heterocycles. The molecule has 0 spiro atoms. The Bertz CT molecular complexity index is 486. The van der Waals surface area contributed by atoms with Crippen molar-refractivity contribution in [1.29, 1.82) is 0 Å². The second kappa shape index (κ2) is 7.10. The van der Waals surface area contributed by atoms with Gasteiger partial charge in [-0.1, -0.05) is 6.07 Å². The Morgan fingerprint density at radius 3 is 2.18 bits per heavy atom. The van der Waals surface area contributed by atoms with E-state index < -0.39 is 14.6 Å². The summed E-state index contributed by atoms with van der Waals surface area (Å²) < 4.78 is 29.4. The van der Waals surface area contributed by atoms with E-state index in [1.807, 2.05) is 52.8 Å². The maximum absolute atomic E-state index is 5.94. The molecule has 0 aliphatic carbocycles. The Balaban J connectivity index is 2.36.